The summed E-state index contributed by atoms with van der Waals surface area (Å²) >= 11 is 0. The lowest BCUT2D eigenvalue weighted by Gasteiger charge is -2.34. The van der Waals surface area contributed by atoms with Gasteiger partial charge in [0.15, 0.2) is 0 Å². The van der Waals surface area contributed by atoms with Crippen LogP contribution in [-0.2, 0) is 0 Å². The summed E-state index contributed by atoms with van der Waals surface area (Å²) in [5, 5.41) is 0. The standard InChI is InChI=1S/C15H17N/c16-14-3-1-9(2-4-14)15-12-5-10-6-13(15)8-11(10)7-12/h1-5,11-13,15H,6-8,16H2. The number of nitrogens with two attached hydrogens (primary N) is 1. The highest BCUT2D eigenvalue weighted by Gasteiger charge is 2.48. The Morgan fingerprint density at radius 1 is 1.06 bits per heavy atom. The molecule has 0 radical (unpaired) electrons. The Hall–Kier alpha value is -1.24. The van der Waals surface area contributed by atoms with E-state index in [-0.39, 0.29) is 0 Å². The van der Waals surface area contributed by atoms with Crippen molar-refractivity contribution >= 4 is 5.69 Å². The molecule has 0 spiro atoms. The Bertz CT molecular complexity index is 457. The molecule has 0 aromatic heterocycles. The highest BCUT2D eigenvalue weighted by atomic mass is 14.5. The van der Waals surface area contributed by atoms with E-state index in [1.165, 1.54) is 24.8 Å². The molecule has 0 amide bonds. The Kier molecular flexibility index (Phi) is 1.61. The zero-order valence-electron chi connectivity index (χ0n) is 9.39. The predicted octanol–water partition coefficient (Wildman–Crippen LogP) is 3.34. The molecule has 5 rings (SSSR count). The van der Waals surface area contributed by atoms with E-state index in [4.69, 9.17) is 5.73 Å². The van der Waals surface area contributed by atoms with Gasteiger partial charge in [0.05, 0.1) is 0 Å². The summed E-state index contributed by atoms with van der Waals surface area (Å²) < 4.78 is 0. The number of allylic oxidation sites excluding steroid dienone is 2. The molecule has 1 aromatic rings. The van der Waals surface area contributed by atoms with Crippen molar-refractivity contribution in [2.45, 2.75) is 25.2 Å². The van der Waals surface area contributed by atoms with Gasteiger partial charge in [-0.15, -0.1) is 0 Å². The minimum Gasteiger partial charge on any atom is -0.399 e. The van der Waals surface area contributed by atoms with Crippen LogP contribution < -0.4 is 5.73 Å². The zero-order valence-corrected chi connectivity index (χ0v) is 9.39. The topological polar surface area (TPSA) is 26.0 Å². The predicted molar refractivity (Wildman–Crippen MR) is 66.0 cm³/mol. The maximum absolute atomic E-state index is 5.76. The molecule has 2 saturated carbocycles. The normalized spacial score (nSPS) is 39.1. The van der Waals surface area contributed by atoms with Crippen molar-refractivity contribution < 1.29 is 0 Å². The maximum atomic E-state index is 5.76. The third-order valence-corrected chi connectivity index (χ3v) is 4.88. The fraction of sp³-hybridized carbons (Fsp3) is 0.467. The number of nitrogen functional groups attached to an aromatic ring is 1. The van der Waals surface area contributed by atoms with Crippen molar-refractivity contribution in [3.8, 4) is 0 Å². The summed E-state index contributed by atoms with van der Waals surface area (Å²) in [7, 11) is 0. The molecule has 4 atom stereocenters. The quantitative estimate of drug-likeness (QED) is 0.559. The van der Waals surface area contributed by atoms with Crippen molar-refractivity contribution in [3.63, 3.8) is 0 Å². The largest absolute Gasteiger partial charge is 0.399 e. The lowest BCUT2D eigenvalue weighted by molar-refractivity contribution is 0.268. The number of benzene rings is 1. The summed E-state index contributed by atoms with van der Waals surface area (Å²) in [5.74, 6) is 3.49. The van der Waals surface area contributed by atoms with Crippen LogP contribution in [0.3, 0.4) is 0 Å². The summed E-state index contributed by atoms with van der Waals surface area (Å²) in [6, 6.07) is 8.59. The van der Waals surface area contributed by atoms with E-state index in [9.17, 15) is 0 Å². The van der Waals surface area contributed by atoms with Gasteiger partial charge < -0.3 is 5.73 Å². The molecule has 0 aliphatic heterocycles. The van der Waals surface area contributed by atoms with Gasteiger partial charge in [0.25, 0.3) is 0 Å². The summed E-state index contributed by atoms with van der Waals surface area (Å²) in [5.41, 5.74) is 9.94. The number of hydrogen-bond acceptors (Lipinski definition) is 1. The summed E-state index contributed by atoms with van der Waals surface area (Å²) in [6.07, 6.45) is 6.81. The van der Waals surface area contributed by atoms with Gasteiger partial charge in [0.1, 0.15) is 0 Å². The van der Waals surface area contributed by atoms with Crippen molar-refractivity contribution in [2.24, 2.45) is 17.8 Å². The molecule has 4 aliphatic carbocycles. The van der Waals surface area contributed by atoms with Crippen molar-refractivity contribution in [1.82, 2.24) is 0 Å². The van der Waals surface area contributed by atoms with E-state index in [2.05, 4.69) is 30.3 Å². The van der Waals surface area contributed by atoms with Gasteiger partial charge in [0, 0.05) is 5.69 Å². The Morgan fingerprint density at radius 3 is 2.56 bits per heavy atom. The third kappa shape index (κ3) is 1.06. The average Bonchev–Trinajstić information content (AvgIpc) is 2.73. The summed E-state index contributed by atoms with van der Waals surface area (Å²) in [6.45, 7) is 0. The molecular formula is C15H17N. The molecule has 1 aromatic carbocycles. The first-order valence-corrected chi connectivity index (χ1v) is 6.37. The van der Waals surface area contributed by atoms with E-state index in [0.717, 1.165) is 29.4 Å². The molecule has 82 valence electrons. The lowest BCUT2D eigenvalue weighted by atomic mass is 9.70. The Balaban J connectivity index is 1.74. The minimum atomic E-state index is 0.781. The van der Waals surface area contributed by atoms with Gasteiger partial charge in [-0.2, -0.15) is 0 Å². The molecule has 4 bridgehead atoms. The molecule has 1 heteroatoms. The lowest BCUT2D eigenvalue weighted by Crippen LogP contribution is -2.23. The first-order chi connectivity index (χ1) is 7.81. The maximum Gasteiger partial charge on any atom is 0.0314 e. The highest BCUT2D eigenvalue weighted by Crippen LogP contribution is 2.60. The van der Waals surface area contributed by atoms with Gasteiger partial charge in [0.2, 0.25) is 0 Å². The van der Waals surface area contributed by atoms with Crippen LogP contribution in [0.15, 0.2) is 35.9 Å². The zero-order chi connectivity index (χ0) is 10.7. The fourth-order valence-corrected chi connectivity index (χ4v) is 4.30. The Morgan fingerprint density at radius 2 is 1.88 bits per heavy atom. The van der Waals surface area contributed by atoms with Crippen LogP contribution in [0.2, 0.25) is 0 Å². The van der Waals surface area contributed by atoms with Crippen LogP contribution in [0.5, 0.6) is 0 Å². The molecular weight excluding hydrogens is 194 g/mol. The number of rotatable bonds is 1. The number of hydrogen-bond donors (Lipinski definition) is 1. The number of anilines is 1. The van der Waals surface area contributed by atoms with E-state index in [1.54, 1.807) is 5.57 Å². The summed E-state index contributed by atoms with van der Waals surface area (Å²) in [4.78, 5) is 0. The van der Waals surface area contributed by atoms with Crippen molar-refractivity contribution in [1.29, 1.82) is 0 Å². The molecule has 1 nitrogen and oxygen atoms in total. The highest BCUT2D eigenvalue weighted by molar-refractivity contribution is 5.42. The first kappa shape index (κ1) is 8.86. The van der Waals surface area contributed by atoms with E-state index in [1.807, 2.05) is 0 Å². The van der Waals surface area contributed by atoms with Gasteiger partial charge in [-0.1, -0.05) is 23.8 Å². The van der Waals surface area contributed by atoms with Crippen LogP contribution in [0.1, 0.15) is 30.7 Å². The van der Waals surface area contributed by atoms with E-state index < -0.39 is 0 Å². The second-order valence-electron chi connectivity index (χ2n) is 5.73. The van der Waals surface area contributed by atoms with Gasteiger partial charge in [-0.3, -0.25) is 0 Å². The van der Waals surface area contributed by atoms with Crippen LogP contribution in [0.4, 0.5) is 5.69 Å². The average molecular weight is 211 g/mol. The molecule has 0 heterocycles. The second kappa shape index (κ2) is 2.91. The molecule has 2 N–H and O–H groups in total. The fourth-order valence-electron chi connectivity index (χ4n) is 4.30. The van der Waals surface area contributed by atoms with Crippen LogP contribution >= 0.6 is 0 Å². The Labute approximate surface area is 96.3 Å². The molecule has 2 fully saturated rings. The van der Waals surface area contributed by atoms with Crippen molar-refractivity contribution in [3.05, 3.63) is 41.5 Å². The van der Waals surface area contributed by atoms with E-state index >= 15 is 0 Å². The minimum absolute atomic E-state index is 0.781. The third-order valence-electron chi connectivity index (χ3n) is 4.88. The molecule has 4 aliphatic rings. The molecule has 16 heavy (non-hydrogen) atoms. The van der Waals surface area contributed by atoms with E-state index in [0.29, 0.717) is 0 Å². The van der Waals surface area contributed by atoms with Crippen molar-refractivity contribution in [2.75, 3.05) is 5.73 Å². The van der Waals surface area contributed by atoms with Gasteiger partial charge in [-0.25, -0.2) is 0 Å². The molecule has 4 unspecified atom stereocenters. The molecule has 0 saturated heterocycles. The van der Waals surface area contributed by atoms with Crippen LogP contribution in [-0.4, -0.2) is 0 Å². The van der Waals surface area contributed by atoms with Gasteiger partial charge >= 0.3 is 0 Å². The monoisotopic (exact) mass is 211 g/mol. The second-order valence-corrected chi connectivity index (χ2v) is 5.73. The first-order valence-electron chi connectivity index (χ1n) is 6.37. The van der Waals surface area contributed by atoms with Crippen LogP contribution in [0.25, 0.3) is 0 Å². The van der Waals surface area contributed by atoms with Gasteiger partial charge in [-0.05, 0) is 60.6 Å². The van der Waals surface area contributed by atoms with Crippen LogP contribution in [0, 0.1) is 17.8 Å². The SMILES string of the molecule is Nc1ccc(C2C3C=C4CC2CC4C3)cc1. The smallest absolute Gasteiger partial charge is 0.0314 e.